The number of nitrogens with one attached hydrogen (secondary N) is 1. The molecule has 1 saturated carbocycles. The Labute approximate surface area is 252 Å². The minimum absolute atomic E-state index is 0.0234. The van der Waals surface area contributed by atoms with Crippen LogP contribution in [-0.4, -0.2) is 64.2 Å². The van der Waals surface area contributed by atoms with Gasteiger partial charge in [-0.3, -0.25) is 13.9 Å². The number of ether oxygens (including phenoxy) is 2. The van der Waals surface area contributed by atoms with Crippen molar-refractivity contribution in [2.24, 2.45) is 0 Å². The molecule has 11 heteroatoms. The molecule has 3 aromatic rings. The first-order chi connectivity index (χ1) is 20.6. The number of methoxy groups -OCH3 is 2. The van der Waals surface area contributed by atoms with Crippen LogP contribution in [-0.2, 0) is 32.6 Å². The molecule has 0 unspecified atom stereocenters. The lowest BCUT2D eigenvalue weighted by atomic mass is 10.0. The van der Waals surface area contributed by atoms with Crippen molar-refractivity contribution in [2.45, 2.75) is 50.7 Å². The van der Waals surface area contributed by atoms with E-state index in [4.69, 9.17) is 9.47 Å². The van der Waals surface area contributed by atoms with Crippen molar-refractivity contribution in [2.75, 3.05) is 31.3 Å². The SMILES string of the molecule is COc1ccc(OC)c(N(CC(=O)N(Cc2ccccc2F)[C@H](Cc2ccccc2)C(=O)NC2CCCC2)S(C)(=O)=O)c1. The fraction of sp³-hybridized carbons (Fsp3) is 0.375. The van der Waals surface area contributed by atoms with E-state index in [1.807, 2.05) is 30.3 Å². The highest BCUT2D eigenvalue weighted by Crippen LogP contribution is 2.34. The Morgan fingerprint density at radius 2 is 1.65 bits per heavy atom. The molecule has 0 aliphatic heterocycles. The van der Waals surface area contributed by atoms with Crippen molar-refractivity contribution in [3.05, 3.63) is 89.7 Å². The van der Waals surface area contributed by atoms with Gasteiger partial charge in [0.05, 0.1) is 26.2 Å². The first-order valence-electron chi connectivity index (χ1n) is 14.2. The summed E-state index contributed by atoms with van der Waals surface area (Å²) in [5.41, 5.74) is 1.10. The maximum absolute atomic E-state index is 15.0. The smallest absolute Gasteiger partial charge is 0.244 e. The Balaban J connectivity index is 1.77. The van der Waals surface area contributed by atoms with E-state index in [0.717, 1.165) is 41.8 Å². The van der Waals surface area contributed by atoms with Crippen molar-refractivity contribution >= 4 is 27.5 Å². The third kappa shape index (κ3) is 8.25. The lowest BCUT2D eigenvalue weighted by molar-refractivity contribution is -0.140. The number of benzene rings is 3. The van der Waals surface area contributed by atoms with Gasteiger partial charge in [-0.15, -0.1) is 0 Å². The second-order valence-electron chi connectivity index (χ2n) is 10.6. The van der Waals surface area contributed by atoms with Gasteiger partial charge < -0.3 is 19.7 Å². The van der Waals surface area contributed by atoms with Gasteiger partial charge in [0.1, 0.15) is 29.9 Å². The molecule has 1 aliphatic carbocycles. The van der Waals surface area contributed by atoms with E-state index >= 15 is 0 Å². The highest BCUT2D eigenvalue weighted by Gasteiger charge is 2.35. The van der Waals surface area contributed by atoms with Gasteiger partial charge in [0, 0.05) is 30.6 Å². The summed E-state index contributed by atoms with van der Waals surface area (Å²) in [6.07, 6.45) is 4.80. The van der Waals surface area contributed by atoms with E-state index < -0.39 is 34.3 Å². The van der Waals surface area contributed by atoms with Crippen LogP contribution in [0.25, 0.3) is 0 Å². The van der Waals surface area contributed by atoms with Gasteiger partial charge in [-0.25, -0.2) is 12.8 Å². The van der Waals surface area contributed by atoms with Crippen LogP contribution in [0.15, 0.2) is 72.8 Å². The number of nitrogens with zero attached hydrogens (tertiary/aromatic N) is 2. The Bertz CT molecular complexity index is 1510. The Hall–Kier alpha value is -4.12. The number of hydrogen-bond donors (Lipinski definition) is 1. The molecule has 0 heterocycles. The molecule has 0 bridgehead atoms. The zero-order valence-corrected chi connectivity index (χ0v) is 25.5. The van der Waals surface area contributed by atoms with Crippen LogP contribution in [0.2, 0.25) is 0 Å². The van der Waals surface area contributed by atoms with Crippen LogP contribution < -0.4 is 19.1 Å². The summed E-state index contributed by atoms with van der Waals surface area (Å²) in [6.45, 7) is -0.896. The number of rotatable bonds is 13. The van der Waals surface area contributed by atoms with Gasteiger partial charge in [-0.1, -0.05) is 61.4 Å². The monoisotopic (exact) mass is 611 g/mol. The normalized spacial score (nSPS) is 14.1. The van der Waals surface area contributed by atoms with Gasteiger partial charge in [-0.2, -0.15) is 0 Å². The van der Waals surface area contributed by atoms with Crippen molar-refractivity contribution in [3.8, 4) is 11.5 Å². The van der Waals surface area contributed by atoms with Crippen molar-refractivity contribution in [1.82, 2.24) is 10.2 Å². The van der Waals surface area contributed by atoms with E-state index in [0.29, 0.717) is 5.75 Å². The summed E-state index contributed by atoms with van der Waals surface area (Å²) in [4.78, 5) is 29.4. The van der Waals surface area contributed by atoms with E-state index in [1.165, 1.54) is 31.3 Å². The predicted molar refractivity (Wildman–Crippen MR) is 163 cm³/mol. The average Bonchev–Trinajstić information content (AvgIpc) is 3.51. The summed E-state index contributed by atoms with van der Waals surface area (Å²) in [5, 5.41) is 3.09. The molecule has 9 nitrogen and oxygen atoms in total. The molecule has 0 radical (unpaired) electrons. The zero-order chi connectivity index (χ0) is 31.0. The standard InChI is InChI=1S/C32H38FN3O6S/c1-41-26-17-18-30(42-2)28(20-26)36(43(3,39)40)22-31(37)35(21-24-13-7-10-16-27(24)33)29(19-23-11-5-4-6-12-23)32(38)34-25-14-8-9-15-25/h4-7,10-13,16-18,20,25,29H,8-9,14-15,19,21-22H2,1-3H3,(H,34,38)/t29-/m1/s1. The van der Waals surface area contributed by atoms with E-state index in [1.54, 1.807) is 30.3 Å². The van der Waals surface area contributed by atoms with Gasteiger partial charge in [0.2, 0.25) is 21.8 Å². The maximum Gasteiger partial charge on any atom is 0.244 e. The number of sulfonamides is 1. The topological polar surface area (TPSA) is 105 Å². The zero-order valence-electron chi connectivity index (χ0n) is 24.7. The van der Waals surface area contributed by atoms with Crippen molar-refractivity contribution in [1.29, 1.82) is 0 Å². The van der Waals surface area contributed by atoms with E-state index in [-0.39, 0.29) is 41.9 Å². The Morgan fingerprint density at radius 1 is 0.977 bits per heavy atom. The van der Waals surface area contributed by atoms with Crippen LogP contribution in [0.5, 0.6) is 11.5 Å². The van der Waals surface area contributed by atoms with Crippen molar-refractivity contribution in [3.63, 3.8) is 0 Å². The minimum Gasteiger partial charge on any atom is -0.497 e. The van der Waals surface area contributed by atoms with Crippen LogP contribution in [0.1, 0.15) is 36.8 Å². The van der Waals surface area contributed by atoms with E-state index in [9.17, 15) is 22.4 Å². The van der Waals surface area contributed by atoms with Gasteiger partial charge in [0.25, 0.3) is 0 Å². The third-order valence-corrected chi connectivity index (χ3v) is 8.73. The maximum atomic E-state index is 15.0. The Kier molecular flexibility index (Phi) is 10.6. The molecule has 4 rings (SSSR count). The lowest BCUT2D eigenvalue weighted by Crippen LogP contribution is -2.54. The molecule has 43 heavy (non-hydrogen) atoms. The number of halogens is 1. The number of carbonyl (C=O) groups excluding carboxylic acids is 2. The summed E-state index contributed by atoms with van der Waals surface area (Å²) < 4.78 is 52.8. The van der Waals surface area contributed by atoms with Gasteiger partial charge in [0.15, 0.2) is 0 Å². The number of amides is 2. The quantitative estimate of drug-likeness (QED) is 0.309. The highest BCUT2D eigenvalue weighted by atomic mass is 32.2. The highest BCUT2D eigenvalue weighted by molar-refractivity contribution is 7.92. The summed E-state index contributed by atoms with van der Waals surface area (Å²) in [6, 6.07) is 18.8. The second kappa shape index (κ2) is 14.4. The molecular formula is C32H38FN3O6S. The van der Waals surface area contributed by atoms with Crippen LogP contribution >= 0.6 is 0 Å². The predicted octanol–water partition coefficient (Wildman–Crippen LogP) is 4.31. The molecule has 2 amide bonds. The first-order valence-corrected chi connectivity index (χ1v) is 16.0. The van der Waals surface area contributed by atoms with Crippen LogP contribution in [0, 0.1) is 5.82 Å². The molecular weight excluding hydrogens is 573 g/mol. The molecule has 1 fully saturated rings. The molecule has 0 saturated heterocycles. The average molecular weight is 612 g/mol. The van der Waals surface area contributed by atoms with Crippen LogP contribution in [0.3, 0.4) is 0 Å². The fourth-order valence-electron chi connectivity index (χ4n) is 5.32. The largest absolute Gasteiger partial charge is 0.497 e. The first kappa shape index (κ1) is 31.8. The summed E-state index contributed by atoms with van der Waals surface area (Å²) in [7, 11) is -1.20. The molecule has 1 aliphatic rings. The minimum atomic E-state index is -4.03. The molecule has 0 aromatic heterocycles. The second-order valence-corrected chi connectivity index (χ2v) is 12.5. The number of carbonyl (C=O) groups is 2. The Morgan fingerprint density at radius 3 is 2.28 bits per heavy atom. The number of hydrogen-bond acceptors (Lipinski definition) is 6. The molecule has 1 N–H and O–H groups in total. The van der Waals surface area contributed by atoms with Gasteiger partial charge in [-0.05, 0) is 36.6 Å². The van der Waals surface area contributed by atoms with Crippen LogP contribution in [0.4, 0.5) is 10.1 Å². The van der Waals surface area contributed by atoms with E-state index in [2.05, 4.69) is 5.32 Å². The molecule has 0 spiro atoms. The molecule has 3 aromatic carbocycles. The number of anilines is 1. The summed E-state index contributed by atoms with van der Waals surface area (Å²) >= 11 is 0. The van der Waals surface area contributed by atoms with Gasteiger partial charge >= 0.3 is 0 Å². The summed E-state index contributed by atoms with van der Waals surface area (Å²) in [5.74, 6) is -1.02. The third-order valence-electron chi connectivity index (χ3n) is 7.61. The molecule has 1 atom stereocenters. The van der Waals surface area contributed by atoms with Crippen molar-refractivity contribution < 1.29 is 31.9 Å². The molecule has 230 valence electrons. The fourth-order valence-corrected chi connectivity index (χ4v) is 6.16. The lowest BCUT2D eigenvalue weighted by Gasteiger charge is -2.34.